The first-order chi connectivity index (χ1) is 9.70. The van der Waals surface area contributed by atoms with E-state index in [9.17, 15) is 4.79 Å². The van der Waals surface area contributed by atoms with E-state index in [0.717, 1.165) is 16.6 Å². The number of nitrogens with two attached hydrogens (primary N) is 1. The van der Waals surface area contributed by atoms with Gasteiger partial charge in [0.05, 0.1) is 5.69 Å². The van der Waals surface area contributed by atoms with E-state index in [2.05, 4.69) is 22.5 Å². The van der Waals surface area contributed by atoms with Gasteiger partial charge in [-0.05, 0) is 18.3 Å². The van der Waals surface area contributed by atoms with Crippen LogP contribution in [-0.2, 0) is 6.54 Å². The molecule has 3 aromatic rings. The number of benzene rings is 1. The lowest BCUT2D eigenvalue weighted by Crippen LogP contribution is -2.18. The first-order valence-corrected chi connectivity index (χ1v) is 7.50. The second kappa shape index (κ2) is 6.53. The van der Waals surface area contributed by atoms with Crippen LogP contribution in [0.3, 0.4) is 0 Å². The van der Waals surface area contributed by atoms with E-state index < -0.39 is 0 Å². The number of hydrogen-bond donors (Lipinski definition) is 2. The molecule has 2 aromatic heterocycles. The fourth-order valence-electron chi connectivity index (χ4n) is 2.27. The molecule has 0 radical (unpaired) electrons. The largest absolute Gasteiger partial charge is 0.329 e. The summed E-state index contributed by atoms with van der Waals surface area (Å²) < 4.78 is 3.48. The van der Waals surface area contributed by atoms with Crippen molar-refractivity contribution < 1.29 is 0 Å². The van der Waals surface area contributed by atoms with E-state index in [1.165, 1.54) is 4.70 Å². The Bertz CT molecular complexity index is 882. The molecule has 0 aliphatic heterocycles. The van der Waals surface area contributed by atoms with Gasteiger partial charge < -0.3 is 10.3 Å². The summed E-state index contributed by atoms with van der Waals surface area (Å²) in [4.78, 5) is 14.4. The van der Waals surface area contributed by atoms with Crippen molar-refractivity contribution in [2.75, 3.05) is 6.54 Å². The number of thiophene rings is 1. The number of H-pyrrole nitrogens is 1. The molecule has 3 rings (SSSR count). The van der Waals surface area contributed by atoms with Crippen molar-refractivity contribution in [1.29, 1.82) is 0 Å². The summed E-state index contributed by atoms with van der Waals surface area (Å²) in [6, 6.07) is 9.71. The van der Waals surface area contributed by atoms with Gasteiger partial charge in [0.2, 0.25) is 0 Å². The normalized spacial score (nSPS) is 10.5. The van der Waals surface area contributed by atoms with Gasteiger partial charge >= 0.3 is 0 Å². The van der Waals surface area contributed by atoms with Crippen molar-refractivity contribution in [3.8, 4) is 11.3 Å². The average Bonchev–Trinajstić information content (AvgIpc) is 2.85. The summed E-state index contributed by atoms with van der Waals surface area (Å²) in [6.07, 6.45) is 0. The lowest BCUT2D eigenvalue weighted by atomic mass is 10.1. The zero-order valence-electron chi connectivity index (χ0n) is 11.0. The van der Waals surface area contributed by atoms with Crippen molar-refractivity contribution in [3.05, 3.63) is 50.8 Å². The molecule has 0 bridgehead atoms. The predicted molar refractivity (Wildman–Crippen MR) is 93.0 cm³/mol. The van der Waals surface area contributed by atoms with Crippen molar-refractivity contribution in [2.24, 2.45) is 5.73 Å². The summed E-state index contributed by atoms with van der Waals surface area (Å²) in [6.45, 7) is 1.05. The van der Waals surface area contributed by atoms with Crippen molar-refractivity contribution in [1.82, 2.24) is 9.55 Å². The van der Waals surface area contributed by atoms with Gasteiger partial charge in [-0.2, -0.15) is 0 Å². The van der Waals surface area contributed by atoms with Crippen LogP contribution in [0.1, 0.15) is 0 Å². The first-order valence-electron chi connectivity index (χ1n) is 6.21. The molecular formula is C14H14ClN3OS2. The quantitative estimate of drug-likeness (QED) is 0.720. The van der Waals surface area contributed by atoms with E-state index in [1.807, 2.05) is 16.7 Å². The molecule has 0 fully saturated rings. The second-order valence-electron chi connectivity index (χ2n) is 4.41. The minimum atomic E-state index is -0.187. The van der Waals surface area contributed by atoms with Gasteiger partial charge in [-0.15, -0.1) is 23.7 Å². The minimum absolute atomic E-state index is 0. The lowest BCUT2D eigenvalue weighted by Gasteiger charge is -2.11. The Balaban J connectivity index is 0.00000161. The number of fused-ring (bicyclic) bond motifs is 1. The summed E-state index contributed by atoms with van der Waals surface area (Å²) in [5, 5.41) is 3.18. The molecular weight excluding hydrogens is 326 g/mol. The van der Waals surface area contributed by atoms with Gasteiger partial charge in [-0.3, -0.25) is 9.78 Å². The Hall–Kier alpha value is -1.47. The van der Waals surface area contributed by atoms with Crippen LogP contribution in [0.2, 0.25) is 0 Å². The van der Waals surface area contributed by atoms with Crippen LogP contribution in [0.5, 0.6) is 0 Å². The van der Waals surface area contributed by atoms with E-state index in [1.54, 1.807) is 17.4 Å². The predicted octanol–water partition coefficient (Wildman–Crippen LogP) is 3.17. The Kier molecular flexibility index (Phi) is 4.95. The molecule has 21 heavy (non-hydrogen) atoms. The Morgan fingerprint density at radius 3 is 2.86 bits per heavy atom. The smallest absolute Gasteiger partial charge is 0.252 e. The number of hydrogen-bond acceptors (Lipinski definition) is 4. The van der Waals surface area contributed by atoms with Crippen LogP contribution < -0.4 is 11.3 Å². The van der Waals surface area contributed by atoms with Gasteiger partial charge in [0.1, 0.15) is 0 Å². The van der Waals surface area contributed by atoms with Crippen molar-refractivity contribution >= 4 is 46.0 Å². The van der Waals surface area contributed by atoms with Crippen LogP contribution in [-0.4, -0.2) is 16.1 Å². The summed E-state index contributed by atoms with van der Waals surface area (Å²) in [5.41, 5.74) is 7.30. The molecule has 0 atom stereocenters. The van der Waals surface area contributed by atoms with Crippen molar-refractivity contribution in [3.63, 3.8) is 0 Å². The second-order valence-corrected chi connectivity index (χ2v) is 5.71. The van der Waals surface area contributed by atoms with Gasteiger partial charge in [0.15, 0.2) is 4.77 Å². The van der Waals surface area contributed by atoms with E-state index in [4.69, 9.17) is 18.0 Å². The third-order valence-corrected chi connectivity index (χ3v) is 4.43. The number of halogens is 1. The maximum absolute atomic E-state index is 11.7. The van der Waals surface area contributed by atoms with Crippen LogP contribution in [0.15, 0.2) is 40.5 Å². The number of rotatable bonds is 3. The van der Waals surface area contributed by atoms with Crippen molar-refractivity contribution in [2.45, 2.75) is 6.54 Å². The summed E-state index contributed by atoms with van der Waals surface area (Å²) in [7, 11) is 0. The van der Waals surface area contributed by atoms with Gasteiger partial charge in [0.25, 0.3) is 5.56 Å². The SMILES string of the molecule is Cl.NCCn1c(-c2csc3ccccc23)cc(=O)[nH]c1=S. The van der Waals surface area contributed by atoms with Gasteiger partial charge in [-0.1, -0.05) is 18.2 Å². The Morgan fingerprint density at radius 1 is 1.33 bits per heavy atom. The van der Waals surface area contributed by atoms with Crippen LogP contribution in [0.25, 0.3) is 21.3 Å². The third kappa shape index (κ3) is 2.94. The highest BCUT2D eigenvalue weighted by atomic mass is 35.5. The molecule has 0 amide bonds. The highest BCUT2D eigenvalue weighted by Gasteiger charge is 2.11. The molecule has 4 nitrogen and oxygen atoms in total. The molecule has 3 N–H and O–H groups in total. The highest BCUT2D eigenvalue weighted by molar-refractivity contribution is 7.71. The van der Waals surface area contributed by atoms with Crippen LogP contribution in [0, 0.1) is 4.77 Å². The molecule has 0 saturated heterocycles. The maximum atomic E-state index is 11.7. The standard InChI is InChI=1S/C14H13N3OS2.ClH/c15-5-6-17-11(7-13(18)16-14(17)19)10-8-20-12-4-2-1-3-9(10)12;/h1-4,7-8H,5-6,15H2,(H,16,18,19);1H. The van der Waals surface area contributed by atoms with Gasteiger partial charge in [-0.25, -0.2) is 0 Å². The third-order valence-electron chi connectivity index (χ3n) is 3.14. The highest BCUT2D eigenvalue weighted by Crippen LogP contribution is 2.33. The molecule has 2 heterocycles. The monoisotopic (exact) mass is 339 g/mol. The molecule has 0 saturated carbocycles. The maximum Gasteiger partial charge on any atom is 0.252 e. The van der Waals surface area contributed by atoms with E-state index >= 15 is 0 Å². The summed E-state index contributed by atoms with van der Waals surface area (Å²) >= 11 is 6.90. The van der Waals surface area contributed by atoms with E-state index in [0.29, 0.717) is 17.9 Å². The van der Waals surface area contributed by atoms with Crippen LogP contribution >= 0.6 is 36.0 Å². The number of nitrogens with zero attached hydrogens (tertiary/aromatic N) is 1. The number of aromatic nitrogens is 2. The molecule has 110 valence electrons. The Labute approximate surface area is 136 Å². The molecule has 0 aliphatic rings. The van der Waals surface area contributed by atoms with Gasteiger partial charge in [0, 0.05) is 40.2 Å². The lowest BCUT2D eigenvalue weighted by molar-refractivity contribution is 0.681. The minimum Gasteiger partial charge on any atom is -0.329 e. The zero-order valence-corrected chi connectivity index (χ0v) is 13.5. The molecule has 0 unspecified atom stereocenters. The fraction of sp³-hybridized carbons (Fsp3) is 0.143. The first kappa shape index (κ1) is 15.9. The number of nitrogens with one attached hydrogen (secondary N) is 1. The molecule has 7 heteroatoms. The number of aromatic amines is 1. The van der Waals surface area contributed by atoms with Crippen LogP contribution in [0.4, 0.5) is 0 Å². The summed E-state index contributed by atoms with van der Waals surface area (Å²) in [5.74, 6) is 0. The fourth-order valence-corrected chi connectivity index (χ4v) is 3.52. The Morgan fingerprint density at radius 2 is 2.10 bits per heavy atom. The molecule has 0 aliphatic carbocycles. The molecule has 1 aromatic carbocycles. The topological polar surface area (TPSA) is 63.8 Å². The van der Waals surface area contributed by atoms with E-state index in [-0.39, 0.29) is 18.0 Å². The zero-order chi connectivity index (χ0) is 14.1. The molecule has 0 spiro atoms. The average molecular weight is 340 g/mol.